The highest BCUT2D eigenvalue weighted by Gasteiger charge is 2.37. The molecule has 4 rings (SSSR count). The largest absolute Gasteiger partial charge is 0.370 e. The molecule has 0 aromatic carbocycles. The van der Waals surface area contributed by atoms with Crippen LogP contribution in [0.3, 0.4) is 0 Å². The van der Waals surface area contributed by atoms with Crippen LogP contribution in [0.4, 0.5) is 0 Å². The van der Waals surface area contributed by atoms with Gasteiger partial charge in [-0.15, -0.1) is 0 Å². The maximum Gasteiger partial charge on any atom is 0.139 e. The second-order valence-electron chi connectivity index (χ2n) is 7.25. The van der Waals surface area contributed by atoms with Gasteiger partial charge >= 0.3 is 0 Å². The zero-order chi connectivity index (χ0) is 17.4. The fraction of sp³-hybridized carbons (Fsp3) is 0.632. The van der Waals surface area contributed by atoms with E-state index in [0.717, 1.165) is 50.7 Å². The molecule has 0 saturated carbocycles. The number of nitrogens with zero attached hydrogens (tertiary/aromatic N) is 5. The normalized spacial score (nSPS) is 23.4. The Kier molecular flexibility index (Phi) is 4.46. The molecule has 0 unspecified atom stereocenters. The highest BCUT2D eigenvalue weighted by molar-refractivity contribution is 5.82. The lowest BCUT2D eigenvalue weighted by atomic mass is 10.0. The maximum absolute atomic E-state index is 5.43. The maximum atomic E-state index is 5.43. The van der Waals surface area contributed by atoms with E-state index in [1.807, 2.05) is 17.5 Å². The van der Waals surface area contributed by atoms with Crippen molar-refractivity contribution in [3.63, 3.8) is 0 Å². The number of likely N-dealkylation sites (tertiary alicyclic amines) is 1. The van der Waals surface area contributed by atoms with Crippen molar-refractivity contribution in [2.75, 3.05) is 40.0 Å². The second kappa shape index (κ2) is 6.75. The van der Waals surface area contributed by atoms with E-state index in [1.165, 1.54) is 36.4 Å². The molecule has 0 N–H and O–H groups in total. The molecule has 0 aromatic heterocycles. The van der Waals surface area contributed by atoms with Gasteiger partial charge in [-0.25, -0.2) is 10.1 Å². The summed E-state index contributed by atoms with van der Waals surface area (Å²) in [5.74, 6) is 1.25. The number of aliphatic imine (C=N–C) groups is 1. The van der Waals surface area contributed by atoms with Crippen LogP contribution in [0.15, 0.2) is 39.7 Å². The summed E-state index contributed by atoms with van der Waals surface area (Å²) in [4.78, 5) is 17.8. The molecule has 1 fully saturated rings. The molecule has 6 heteroatoms. The van der Waals surface area contributed by atoms with Gasteiger partial charge < -0.3 is 14.7 Å². The van der Waals surface area contributed by atoms with Crippen LogP contribution >= 0.6 is 0 Å². The predicted octanol–water partition coefficient (Wildman–Crippen LogP) is 2.70. The zero-order valence-electron chi connectivity index (χ0n) is 15.7. The Labute approximate surface area is 150 Å². The third-order valence-corrected chi connectivity index (χ3v) is 5.42. The van der Waals surface area contributed by atoms with Gasteiger partial charge in [0.25, 0.3) is 0 Å². The minimum Gasteiger partial charge on any atom is -0.370 e. The summed E-state index contributed by atoms with van der Waals surface area (Å²) >= 11 is 0. The lowest BCUT2D eigenvalue weighted by molar-refractivity contribution is -0.0972. The van der Waals surface area contributed by atoms with E-state index in [-0.39, 0.29) is 0 Å². The van der Waals surface area contributed by atoms with Crippen LogP contribution in [0.1, 0.15) is 39.5 Å². The van der Waals surface area contributed by atoms with E-state index in [2.05, 4.69) is 28.5 Å². The first-order valence-electron chi connectivity index (χ1n) is 9.51. The summed E-state index contributed by atoms with van der Waals surface area (Å²) in [6.45, 7) is 9.60. The molecule has 0 bridgehead atoms. The fourth-order valence-corrected chi connectivity index (χ4v) is 4.32. The molecule has 1 saturated heterocycles. The first kappa shape index (κ1) is 16.5. The topological polar surface area (TPSA) is 34.5 Å². The Morgan fingerprint density at radius 3 is 2.72 bits per heavy atom. The number of allylic oxidation sites excluding steroid dienone is 1. The van der Waals surface area contributed by atoms with Crippen molar-refractivity contribution in [1.82, 2.24) is 19.8 Å². The van der Waals surface area contributed by atoms with E-state index in [9.17, 15) is 0 Å². The van der Waals surface area contributed by atoms with E-state index in [0.29, 0.717) is 0 Å². The number of hydrogen-bond acceptors (Lipinski definition) is 6. The highest BCUT2D eigenvalue weighted by Crippen LogP contribution is 2.38. The molecule has 4 aliphatic heterocycles. The van der Waals surface area contributed by atoms with Crippen LogP contribution < -0.4 is 0 Å². The first-order valence-corrected chi connectivity index (χ1v) is 9.51. The Hall–Kier alpha value is -1.95. The third-order valence-electron chi connectivity index (χ3n) is 5.42. The predicted molar refractivity (Wildman–Crippen MR) is 99.1 cm³/mol. The van der Waals surface area contributed by atoms with E-state index < -0.39 is 0 Å². The number of rotatable bonds is 4. The first-order chi connectivity index (χ1) is 12.2. The molecule has 0 spiro atoms. The molecule has 136 valence electrons. The molecule has 4 aliphatic rings. The smallest absolute Gasteiger partial charge is 0.139 e. The van der Waals surface area contributed by atoms with Crippen molar-refractivity contribution < 1.29 is 4.84 Å². The molecule has 4 heterocycles. The Balaban J connectivity index is 1.74. The molecule has 0 aromatic rings. The quantitative estimate of drug-likeness (QED) is 0.784. The average molecular weight is 343 g/mol. The van der Waals surface area contributed by atoms with Crippen molar-refractivity contribution in [3.8, 4) is 0 Å². The van der Waals surface area contributed by atoms with Crippen LogP contribution in [0.5, 0.6) is 0 Å². The highest BCUT2D eigenvalue weighted by atomic mass is 16.7. The van der Waals surface area contributed by atoms with Crippen LogP contribution in [0.25, 0.3) is 0 Å². The van der Waals surface area contributed by atoms with Crippen molar-refractivity contribution >= 4 is 6.21 Å². The van der Waals surface area contributed by atoms with Crippen LogP contribution in [0.2, 0.25) is 0 Å². The summed E-state index contributed by atoms with van der Waals surface area (Å²) in [5.41, 5.74) is 5.07. The molecule has 0 aliphatic carbocycles. The van der Waals surface area contributed by atoms with Crippen LogP contribution in [-0.2, 0) is 4.84 Å². The van der Waals surface area contributed by atoms with Gasteiger partial charge in [-0.3, -0.25) is 4.84 Å². The van der Waals surface area contributed by atoms with Gasteiger partial charge in [0, 0.05) is 26.2 Å². The SMILES string of the molecule is CCCN1CC(C)=C(N2CCCCC2)C2=C1N1CN(OC)C=C1C=N2. The molecule has 0 atom stereocenters. The molecule has 0 radical (unpaired) electrons. The Morgan fingerprint density at radius 2 is 2.00 bits per heavy atom. The monoisotopic (exact) mass is 343 g/mol. The Morgan fingerprint density at radius 1 is 1.20 bits per heavy atom. The van der Waals surface area contributed by atoms with Crippen LogP contribution in [0, 0.1) is 0 Å². The van der Waals surface area contributed by atoms with Gasteiger partial charge in [-0.2, -0.15) is 0 Å². The summed E-state index contributed by atoms with van der Waals surface area (Å²) in [5, 5.41) is 1.87. The lowest BCUT2D eigenvalue weighted by Crippen LogP contribution is -2.44. The molecular formula is C19H29N5O. The number of fused-ring (bicyclic) bond motifs is 2. The number of piperidine rings is 1. The van der Waals surface area contributed by atoms with Gasteiger partial charge in [0.2, 0.25) is 0 Å². The van der Waals surface area contributed by atoms with Gasteiger partial charge in [0.15, 0.2) is 0 Å². The summed E-state index contributed by atoms with van der Waals surface area (Å²) in [6.07, 6.45) is 9.07. The van der Waals surface area contributed by atoms with Crippen molar-refractivity contribution in [3.05, 3.63) is 34.7 Å². The second-order valence-corrected chi connectivity index (χ2v) is 7.25. The van der Waals surface area contributed by atoms with Gasteiger partial charge in [0.1, 0.15) is 18.2 Å². The van der Waals surface area contributed by atoms with E-state index in [4.69, 9.17) is 9.83 Å². The summed E-state index contributed by atoms with van der Waals surface area (Å²) < 4.78 is 0. The standard InChI is InChI=1S/C19H29N5O/c1-4-8-22-12-15(2)18(21-9-6-5-7-10-21)17-19(22)24-14-23(25-3)13-16(24)11-20-17/h11,13H,4-10,12,14H2,1-3H3. The minimum atomic E-state index is 0.725. The molecular weight excluding hydrogens is 314 g/mol. The average Bonchev–Trinajstić information content (AvgIpc) is 3.06. The minimum absolute atomic E-state index is 0.725. The molecule has 0 amide bonds. The summed E-state index contributed by atoms with van der Waals surface area (Å²) in [7, 11) is 1.72. The van der Waals surface area contributed by atoms with Gasteiger partial charge in [0.05, 0.1) is 30.9 Å². The van der Waals surface area contributed by atoms with Gasteiger partial charge in [-0.05, 0) is 38.2 Å². The zero-order valence-corrected chi connectivity index (χ0v) is 15.7. The number of hydrogen-bond donors (Lipinski definition) is 0. The van der Waals surface area contributed by atoms with E-state index in [1.54, 1.807) is 7.11 Å². The van der Waals surface area contributed by atoms with Crippen molar-refractivity contribution in [2.45, 2.75) is 39.5 Å². The van der Waals surface area contributed by atoms with Crippen molar-refractivity contribution in [1.29, 1.82) is 0 Å². The van der Waals surface area contributed by atoms with E-state index >= 15 is 0 Å². The summed E-state index contributed by atoms with van der Waals surface area (Å²) in [6, 6.07) is 0. The molecule has 25 heavy (non-hydrogen) atoms. The van der Waals surface area contributed by atoms with Crippen LogP contribution in [-0.4, -0.2) is 65.9 Å². The third kappa shape index (κ3) is 2.82. The van der Waals surface area contributed by atoms with Gasteiger partial charge in [-0.1, -0.05) is 6.92 Å². The molecule has 6 nitrogen and oxygen atoms in total. The fourth-order valence-electron chi connectivity index (χ4n) is 4.32. The number of hydroxylamine groups is 2. The lowest BCUT2D eigenvalue weighted by Gasteiger charge is -2.43. The van der Waals surface area contributed by atoms with Crippen molar-refractivity contribution in [2.24, 2.45) is 4.99 Å². The Bertz CT molecular complexity index is 657.